The molecule has 1 saturated heterocycles. The molecule has 2 aliphatic rings. The zero-order valence-corrected chi connectivity index (χ0v) is 13.8. The van der Waals surface area contributed by atoms with Gasteiger partial charge in [-0.3, -0.25) is 14.5 Å². The Balaban J connectivity index is 1.67. The molecule has 0 aliphatic carbocycles. The highest BCUT2D eigenvalue weighted by molar-refractivity contribution is 7.10. The first-order valence-electron chi connectivity index (χ1n) is 7.89. The Morgan fingerprint density at radius 1 is 1.36 bits per heavy atom. The van der Waals surface area contributed by atoms with E-state index in [0.29, 0.717) is 13.1 Å². The van der Waals surface area contributed by atoms with Gasteiger partial charge in [-0.1, -0.05) is 0 Å². The van der Waals surface area contributed by atoms with E-state index in [1.54, 1.807) is 11.3 Å². The number of primary amides is 1. The van der Waals surface area contributed by atoms with Crippen molar-refractivity contribution in [3.63, 3.8) is 0 Å². The highest BCUT2D eigenvalue weighted by Crippen LogP contribution is 2.28. The second kappa shape index (κ2) is 6.01. The molecule has 6 heteroatoms. The van der Waals surface area contributed by atoms with Crippen LogP contribution in [0.3, 0.4) is 0 Å². The summed E-state index contributed by atoms with van der Waals surface area (Å²) >= 11 is 1.77. The molecule has 3 heterocycles. The number of piperidine rings is 1. The van der Waals surface area contributed by atoms with Crippen molar-refractivity contribution in [3.05, 3.63) is 21.9 Å². The second-order valence-corrected chi connectivity index (χ2v) is 7.45. The van der Waals surface area contributed by atoms with Crippen molar-refractivity contribution in [1.82, 2.24) is 9.80 Å². The summed E-state index contributed by atoms with van der Waals surface area (Å²) in [6.45, 7) is 4.39. The number of hydrogen-bond acceptors (Lipinski definition) is 4. The predicted molar refractivity (Wildman–Crippen MR) is 86.5 cm³/mol. The van der Waals surface area contributed by atoms with E-state index in [-0.39, 0.29) is 11.8 Å². The van der Waals surface area contributed by atoms with Gasteiger partial charge in [-0.25, -0.2) is 0 Å². The average Bonchev–Trinajstić information content (AvgIpc) is 2.96. The smallest absolute Gasteiger partial charge is 0.237 e. The monoisotopic (exact) mass is 321 g/mol. The first kappa shape index (κ1) is 15.5. The Hall–Kier alpha value is -1.40. The van der Waals surface area contributed by atoms with Crippen molar-refractivity contribution in [2.75, 3.05) is 19.6 Å². The average molecular weight is 321 g/mol. The molecular weight excluding hydrogens is 298 g/mol. The molecule has 5 nitrogen and oxygen atoms in total. The van der Waals surface area contributed by atoms with Crippen LogP contribution in [0.2, 0.25) is 0 Å². The van der Waals surface area contributed by atoms with E-state index in [1.807, 2.05) is 16.7 Å². The molecule has 1 aromatic rings. The zero-order valence-electron chi connectivity index (χ0n) is 13.0. The number of carbonyl (C=O) groups is 2. The minimum absolute atomic E-state index is 0.103. The van der Waals surface area contributed by atoms with E-state index < -0.39 is 5.54 Å². The van der Waals surface area contributed by atoms with Gasteiger partial charge in [0.15, 0.2) is 0 Å². The molecule has 0 aromatic carbocycles. The number of amides is 2. The van der Waals surface area contributed by atoms with Crippen LogP contribution in [0.1, 0.15) is 36.6 Å². The standard InChI is InChI=1S/C16H23N3O2S/c1-16(15(17)21)6-2-3-7-19(16)11-14(20)18-8-4-13-12(10-18)5-9-22-13/h5,9H,2-4,6-8,10-11H2,1H3,(H2,17,21)/t16-/m1/s1. The van der Waals surface area contributed by atoms with Crippen molar-refractivity contribution in [1.29, 1.82) is 0 Å². The van der Waals surface area contributed by atoms with Crippen LogP contribution in [-0.4, -0.2) is 46.8 Å². The van der Waals surface area contributed by atoms with Crippen LogP contribution in [0.25, 0.3) is 0 Å². The van der Waals surface area contributed by atoms with E-state index in [1.165, 1.54) is 10.4 Å². The Bertz CT molecular complexity index is 586. The van der Waals surface area contributed by atoms with Crippen LogP contribution in [0.15, 0.2) is 11.4 Å². The molecule has 3 rings (SSSR count). The largest absolute Gasteiger partial charge is 0.368 e. The highest BCUT2D eigenvalue weighted by atomic mass is 32.1. The first-order valence-corrected chi connectivity index (χ1v) is 8.76. The van der Waals surface area contributed by atoms with Gasteiger partial charge in [-0.15, -0.1) is 11.3 Å². The lowest BCUT2D eigenvalue weighted by atomic mass is 9.87. The SMILES string of the molecule is C[C@]1(C(N)=O)CCCCN1CC(=O)N1CCc2sccc2C1. The Morgan fingerprint density at radius 2 is 2.18 bits per heavy atom. The number of nitrogens with zero attached hydrogens (tertiary/aromatic N) is 2. The highest BCUT2D eigenvalue weighted by Gasteiger charge is 2.41. The summed E-state index contributed by atoms with van der Waals surface area (Å²) in [4.78, 5) is 29.8. The molecule has 0 radical (unpaired) electrons. The minimum Gasteiger partial charge on any atom is -0.368 e. The molecule has 0 saturated carbocycles. The summed E-state index contributed by atoms with van der Waals surface area (Å²) in [5.41, 5.74) is 6.17. The molecule has 22 heavy (non-hydrogen) atoms. The number of fused-ring (bicyclic) bond motifs is 1. The molecule has 2 aliphatic heterocycles. The third kappa shape index (κ3) is 2.77. The van der Waals surface area contributed by atoms with Gasteiger partial charge in [-0.05, 0) is 56.2 Å². The fourth-order valence-corrected chi connectivity index (χ4v) is 4.32. The molecule has 0 spiro atoms. The Labute approximate surface area is 135 Å². The third-order valence-electron chi connectivity index (χ3n) is 5.06. The van der Waals surface area contributed by atoms with E-state index in [2.05, 4.69) is 11.4 Å². The number of rotatable bonds is 3. The van der Waals surface area contributed by atoms with Gasteiger partial charge < -0.3 is 10.6 Å². The van der Waals surface area contributed by atoms with Gasteiger partial charge in [0, 0.05) is 18.0 Å². The van der Waals surface area contributed by atoms with E-state index in [9.17, 15) is 9.59 Å². The Morgan fingerprint density at radius 3 is 2.95 bits per heavy atom. The third-order valence-corrected chi connectivity index (χ3v) is 6.08. The lowest BCUT2D eigenvalue weighted by Gasteiger charge is -2.43. The van der Waals surface area contributed by atoms with Crippen LogP contribution in [-0.2, 0) is 22.6 Å². The maximum absolute atomic E-state index is 12.6. The molecule has 1 fully saturated rings. The minimum atomic E-state index is -0.683. The summed E-state index contributed by atoms with van der Waals surface area (Å²) in [7, 11) is 0. The second-order valence-electron chi connectivity index (χ2n) is 6.45. The number of likely N-dealkylation sites (tertiary alicyclic amines) is 1. The van der Waals surface area contributed by atoms with Crippen molar-refractivity contribution >= 4 is 23.2 Å². The maximum Gasteiger partial charge on any atom is 0.237 e. The molecule has 0 unspecified atom stereocenters. The van der Waals surface area contributed by atoms with Crippen LogP contribution < -0.4 is 5.73 Å². The van der Waals surface area contributed by atoms with Gasteiger partial charge in [0.05, 0.1) is 12.1 Å². The van der Waals surface area contributed by atoms with Gasteiger partial charge in [0.25, 0.3) is 0 Å². The first-order chi connectivity index (χ1) is 10.5. The fourth-order valence-electron chi connectivity index (χ4n) is 3.43. The lowest BCUT2D eigenvalue weighted by molar-refractivity contribution is -0.140. The van der Waals surface area contributed by atoms with Crippen molar-refractivity contribution < 1.29 is 9.59 Å². The van der Waals surface area contributed by atoms with Crippen molar-refractivity contribution in [2.24, 2.45) is 5.73 Å². The van der Waals surface area contributed by atoms with Crippen LogP contribution in [0.4, 0.5) is 0 Å². The van der Waals surface area contributed by atoms with Gasteiger partial charge >= 0.3 is 0 Å². The summed E-state index contributed by atoms with van der Waals surface area (Å²) in [6, 6.07) is 2.11. The van der Waals surface area contributed by atoms with Crippen LogP contribution in [0.5, 0.6) is 0 Å². The van der Waals surface area contributed by atoms with Crippen molar-refractivity contribution in [2.45, 2.75) is 44.7 Å². The summed E-state index contributed by atoms with van der Waals surface area (Å²) in [5.74, 6) is -0.218. The normalized spacial score (nSPS) is 25.8. The predicted octanol–water partition coefficient (Wildman–Crippen LogP) is 1.36. The van der Waals surface area contributed by atoms with Gasteiger partial charge in [0.1, 0.15) is 0 Å². The molecule has 2 N–H and O–H groups in total. The summed E-state index contributed by atoms with van der Waals surface area (Å²) in [5, 5.41) is 2.09. The fraction of sp³-hybridized carbons (Fsp3) is 0.625. The van der Waals surface area contributed by atoms with Crippen LogP contribution in [0, 0.1) is 0 Å². The molecule has 2 amide bonds. The number of carbonyl (C=O) groups excluding carboxylic acids is 2. The molecular formula is C16H23N3O2S. The zero-order chi connectivity index (χ0) is 15.7. The maximum atomic E-state index is 12.6. The van der Waals surface area contributed by atoms with Crippen molar-refractivity contribution in [3.8, 4) is 0 Å². The van der Waals surface area contributed by atoms with E-state index >= 15 is 0 Å². The van der Waals surface area contributed by atoms with Crippen LogP contribution >= 0.6 is 11.3 Å². The molecule has 1 atom stereocenters. The van der Waals surface area contributed by atoms with Gasteiger partial charge in [-0.2, -0.15) is 0 Å². The summed E-state index contributed by atoms with van der Waals surface area (Å²) in [6.07, 6.45) is 3.69. The lowest BCUT2D eigenvalue weighted by Crippen LogP contribution is -2.60. The summed E-state index contributed by atoms with van der Waals surface area (Å²) < 4.78 is 0. The molecule has 0 bridgehead atoms. The quantitative estimate of drug-likeness (QED) is 0.914. The number of hydrogen-bond donors (Lipinski definition) is 1. The van der Waals surface area contributed by atoms with E-state index in [4.69, 9.17) is 5.73 Å². The number of thiophene rings is 1. The Kier molecular flexibility index (Phi) is 4.23. The molecule has 120 valence electrons. The topological polar surface area (TPSA) is 66.6 Å². The van der Waals surface area contributed by atoms with E-state index in [0.717, 1.165) is 38.8 Å². The molecule has 1 aromatic heterocycles. The number of nitrogens with two attached hydrogens (primary N) is 1. The van der Waals surface area contributed by atoms with Gasteiger partial charge in [0.2, 0.25) is 11.8 Å².